The van der Waals surface area contributed by atoms with Gasteiger partial charge in [-0.3, -0.25) is 4.98 Å². The first-order chi connectivity index (χ1) is 24.1. The van der Waals surface area contributed by atoms with Gasteiger partial charge in [-0.1, -0.05) is 93.0 Å². The molecule has 3 aromatic carbocycles. The summed E-state index contributed by atoms with van der Waals surface area (Å²) in [5.41, 5.74) is 2.55. The van der Waals surface area contributed by atoms with Crippen molar-refractivity contribution in [1.29, 1.82) is 0 Å². The standard InChI is InChI=1S/C38H39ClN6O3SSi/c1-38(2,3)50(33-10-6-4-7-11-33,34-12-8-5-9-13-34)48-27-32-26-44(49(46,47)36-23-29-22-31(39)14-15-35(29)43-36)20-21-45(32)37-41-24-30(25-42-37)28-16-18-40-19-17-28/h4-19,22-25,32,43H,20-21,26-27H2,1-3H3. The van der Waals surface area contributed by atoms with Gasteiger partial charge in [0.2, 0.25) is 5.95 Å². The van der Waals surface area contributed by atoms with E-state index in [9.17, 15) is 8.42 Å². The molecule has 256 valence electrons. The predicted molar refractivity (Wildman–Crippen MR) is 202 cm³/mol. The molecule has 0 bridgehead atoms. The highest BCUT2D eigenvalue weighted by Crippen LogP contribution is 2.37. The summed E-state index contributed by atoms with van der Waals surface area (Å²) in [7, 11) is -6.82. The number of hydrogen-bond acceptors (Lipinski definition) is 7. The Balaban J connectivity index is 1.26. The van der Waals surface area contributed by atoms with Crippen LogP contribution in [0.15, 0.2) is 127 Å². The molecular weight excluding hydrogens is 684 g/mol. The molecule has 0 aliphatic carbocycles. The summed E-state index contributed by atoms with van der Waals surface area (Å²) < 4.78 is 37.3. The molecule has 0 saturated carbocycles. The molecule has 12 heteroatoms. The lowest BCUT2D eigenvalue weighted by Gasteiger charge is -2.46. The van der Waals surface area contributed by atoms with Crippen molar-refractivity contribution in [2.24, 2.45) is 0 Å². The summed E-state index contributed by atoms with van der Waals surface area (Å²) in [5, 5.41) is 3.47. The lowest BCUT2D eigenvalue weighted by atomic mass is 10.1. The third-order valence-electron chi connectivity index (χ3n) is 9.44. The van der Waals surface area contributed by atoms with E-state index in [1.165, 1.54) is 0 Å². The number of benzene rings is 3. The molecule has 7 rings (SSSR count). The molecule has 50 heavy (non-hydrogen) atoms. The van der Waals surface area contributed by atoms with E-state index in [4.69, 9.17) is 26.0 Å². The Morgan fingerprint density at radius 3 is 2.12 bits per heavy atom. The van der Waals surface area contributed by atoms with Gasteiger partial charge in [0.15, 0.2) is 0 Å². The van der Waals surface area contributed by atoms with Gasteiger partial charge in [0.1, 0.15) is 5.03 Å². The van der Waals surface area contributed by atoms with Gasteiger partial charge in [-0.05, 0) is 57.4 Å². The zero-order valence-corrected chi connectivity index (χ0v) is 30.8. The van der Waals surface area contributed by atoms with Crippen LogP contribution >= 0.6 is 11.6 Å². The number of nitrogens with one attached hydrogen (secondary N) is 1. The van der Waals surface area contributed by atoms with Crippen LogP contribution in [0.25, 0.3) is 22.0 Å². The second-order valence-corrected chi connectivity index (χ2v) is 20.2. The molecular formula is C38H39ClN6O3SSi. The molecule has 0 amide bonds. The Morgan fingerprint density at radius 1 is 0.860 bits per heavy atom. The molecule has 6 aromatic rings. The second-order valence-electron chi connectivity index (χ2n) is 13.6. The van der Waals surface area contributed by atoms with E-state index in [2.05, 4.69) is 84.2 Å². The fourth-order valence-electron chi connectivity index (χ4n) is 6.95. The highest BCUT2D eigenvalue weighted by molar-refractivity contribution is 7.89. The van der Waals surface area contributed by atoms with Crippen molar-refractivity contribution in [3.63, 3.8) is 0 Å². The second kappa shape index (κ2) is 13.7. The van der Waals surface area contributed by atoms with Crippen LogP contribution in [0, 0.1) is 0 Å². The van der Waals surface area contributed by atoms with E-state index < -0.39 is 18.3 Å². The van der Waals surface area contributed by atoms with Gasteiger partial charge < -0.3 is 14.3 Å². The Morgan fingerprint density at radius 2 is 1.50 bits per heavy atom. The number of nitrogens with zero attached hydrogens (tertiary/aromatic N) is 5. The zero-order valence-electron chi connectivity index (χ0n) is 28.2. The van der Waals surface area contributed by atoms with Gasteiger partial charge in [-0.2, -0.15) is 4.31 Å². The van der Waals surface area contributed by atoms with Crippen LogP contribution in [0.5, 0.6) is 0 Å². The molecule has 0 spiro atoms. The van der Waals surface area contributed by atoms with Crippen molar-refractivity contribution in [3.05, 3.63) is 127 Å². The number of aromatic amines is 1. The van der Waals surface area contributed by atoms with E-state index in [1.807, 2.05) is 24.3 Å². The van der Waals surface area contributed by atoms with E-state index in [-0.39, 0.29) is 35.8 Å². The molecule has 1 fully saturated rings. The van der Waals surface area contributed by atoms with Crippen LogP contribution in [0.2, 0.25) is 10.1 Å². The minimum Gasteiger partial charge on any atom is -0.405 e. The fraction of sp³-hybridized carbons (Fsp3) is 0.237. The Hall–Kier alpha value is -4.39. The number of aromatic nitrogens is 4. The van der Waals surface area contributed by atoms with E-state index in [1.54, 1.807) is 53.4 Å². The average molecular weight is 723 g/mol. The molecule has 1 aliphatic rings. The Bertz CT molecular complexity index is 2140. The largest absolute Gasteiger partial charge is 0.405 e. The molecule has 1 atom stereocenters. The molecule has 1 unspecified atom stereocenters. The van der Waals surface area contributed by atoms with Crippen LogP contribution in [-0.4, -0.2) is 73.3 Å². The lowest BCUT2D eigenvalue weighted by Crippen LogP contribution is -2.68. The van der Waals surface area contributed by atoms with E-state index in [0.29, 0.717) is 23.0 Å². The summed E-state index contributed by atoms with van der Waals surface area (Å²) in [6, 6.07) is 31.3. The van der Waals surface area contributed by atoms with Gasteiger partial charge in [0, 0.05) is 65.9 Å². The number of halogens is 1. The first kappa shape index (κ1) is 34.1. The monoisotopic (exact) mass is 722 g/mol. The van der Waals surface area contributed by atoms with Crippen molar-refractivity contribution in [1.82, 2.24) is 24.2 Å². The maximum absolute atomic E-state index is 14.2. The minimum atomic E-state index is -3.89. The summed E-state index contributed by atoms with van der Waals surface area (Å²) in [5.74, 6) is 0.524. The highest BCUT2D eigenvalue weighted by Gasteiger charge is 2.51. The number of hydrogen-bond donors (Lipinski definition) is 1. The zero-order chi connectivity index (χ0) is 34.9. The van der Waals surface area contributed by atoms with Crippen LogP contribution in [-0.2, 0) is 14.4 Å². The van der Waals surface area contributed by atoms with E-state index in [0.717, 1.165) is 26.9 Å². The number of piperazine rings is 1. The number of rotatable bonds is 9. The molecule has 0 radical (unpaired) electrons. The van der Waals surface area contributed by atoms with Crippen LogP contribution in [0.4, 0.5) is 5.95 Å². The van der Waals surface area contributed by atoms with Gasteiger partial charge in [0.05, 0.1) is 12.6 Å². The maximum Gasteiger partial charge on any atom is 0.261 e. The fourth-order valence-corrected chi connectivity index (χ4v) is 13.2. The molecule has 1 N–H and O–H groups in total. The average Bonchev–Trinajstić information content (AvgIpc) is 3.57. The predicted octanol–water partition coefficient (Wildman–Crippen LogP) is 6.13. The van der Waals surface area contributed by atoms with Crippen molar-refractivity contribution in [3.8, 4) is 11.1 Å². The molecule has 9 nitrogen and oxygen atoms in total. The number of pyridine rings is 1. The third kappa shape index (κ3) is 6.47. The third-order valence-corrected chi connectivity index (χ3v) is 16.5. The number of sulfonamides is 1. The van der Waals surface area contributed by atoms with Crippen molar-refractivity contribution >= 4 is 57.2 Å². The first-order valence-corrected chi connectivity index (χ1v) is 20.3. The Kier molecular flexibility index (Phi) is 9.35. The van der Waals surface area contributed by atoms with Crippen molar-refractivity contribution < 1.29 is 12.8 Å². The minimum absolute atomic E-state index is 0.132. The van der Waals surface area contributed by atoms with Crippen molar-refractivity contribution in [2.75, 3.05) is 31.1 Å². The van der Waals surface area contributed by atoms with Gasteiger partial charge in [-0.25, -0.2) is 18.4 Å². The smallest absolute Gasteiger partial charge is 0.261 e. The van der Waals surface area contributed by atoms with Crippen LogP contribution < -0.4 is 15.3 Å². The number of anilines is 1. The van der Waals surface area contributed by atoms with Crippen LogP contribution in [0.1, 0.15) is 20.8 Å². The quantitative estimate of drug-likeness (QED) is 0.179. The van der Waals surface area contributed by atoms with Crippen LogP contribution in [0.3, 0.4) is 0 Å². The summed E-state index contributed by atoms with van der Waals surface area (Å²) in [4.78, 5) is 18.9. The van der Waals surface area contributed by atoms with Crippen molar-refractivity contribution in [2.45, 2.75) is 36.9 Å². The topological polar surface area (TPSA) is 104 Å². The summed E-state index contributed by atoms with van der Waals surface area (Å²) >= 11 is 6.22. The number of H-pyrrole nitrogens is 1. The first-order valence-electron chi connectivity index (χ1n) is 16.6. The molecule has 3 aromatic heterocycles. The molecule has 1 aliphatic heterocycles. The van der Waals surface area contributed by atoms with Gasteiger partial charge in [0.25, 0.3) is 18.3 Å². The number of fused-ring (bicyclic) bond motifs is 1. The SMILES string of the molecule is CC(C)(C)[Si](OCC1CN(S(=O)(=O)c2cc3cc(Cl)ccc3[nH]2)CCN1c1ncc(-c2ccncc2)cn1)(c1ccccc1)c1ccccc1. The highest BCUT2D eigenvalue weighted by atomic mass is 35.5. The normalized spacial score (nSPS) is 16.2. The lowest BCUT2D eigenvalue weighted by molar-refractivity contribution is 0.222. The molecule has 1 saturated heterocycles. The Labute approximate surface area is 299 Å². The van der Waals surface area contributed by atoms with E-state index >= 15 is 0 Å². The molecule has 4 heterocycles. The van der Waals surface area contributed by atoms with Gasteiger partial charge >= 0.3 is 0 Å². The summed E-state index contributed by atoms with van der Waals surface area (Å²) in [6.45, 7) is 7.79. The maximum atomic E-state index is 14.2. The summed E-state index contributed by atoms with van der Waals surface area (Å²) in [6.07, 6.45) is 7.08. The van der Waals surface area contributed by atoms with Gasteiger partial charge in [-0.15, -0.1) is 0 Å².